The van der Waals surface area contributed by atoms with Crippen molar-refractivity contribution in [3.05, 3.63) is 65.4 Å². The van der Waals surface area contributed by atoms with E-state index in [1.165, 1.54) is 16.7 Å². The van der Waals surface area contributed by atoms with E-state index in [2.05, 4.69) is 37.8 Å². The summed E-state index contributed by atoms with van der Waals surface area (Å²) < 4.78 is 18.5. The van der Waals surface area contributed by atoms with E-state index in [1.807, 2.05) is 24.3 Å². The molecule has 0 bridgehead atoms. The SMILES string of the molecule is Cc1cc(C)c(N2c3ccccc3[S+]([O-])c3ccoc32)c(C)c1. The molecular weight excluding hydrogens is 306 g/mol. The van der Waals surface area contributed by atoms with E-state index in [9.17, 15) is 4.55 Å². The van der Waals surface area contributed by atoms with Gasteiger partial charge in [-0.3, -0.25) is 4.90 Å². The smallest absolute Gasteiger partial charge is 0.261 e. The van der Waals surface area contributed by atoms with Crippen LogP contribution in [-0.2, 0) is 11.2 Å². The van der Waals surface area contributed by atoms with Gasteiger partial charge in [0, 0.05) is 17.2 Å². The van der Waals surface area contributed by atoms with Crippen LogP contribution in [0, 0.1) is 20.8 Å². The number of anilines is 3. The second-order valence-corrected chi connectivity index (χ2v) is 7.33. The lowest BCUT2D eigenvalue weighted by Gasteiger charge is -2.31. The second-order valence-electron chi connectivity index (χ2n) is 5.91. The van der Waals surface area contributed by atoms with Crippen LogP contribution in [0.2, 0.25) is 0 Å². The minimum Gasteiger partial charge on any atom is -0.606 e. The third kappa shape index (κ3) is 2.10. The lowest BCUT2D eigenvalue weighted by Crippen LogP contribution is -2.22. The van der Waals surface area contributed by atoms with E-state index in [4.69, 9.17) is 4.42 Å². The van der Waals surface area contributed by atoms with E-state index in [1.54, 1.807) is 12.3 Å². The van der Waals surface area contributed by atoms with Crippen LogP contribution in [0.1, 0.15) is 16.7 Å². The van der Waals surface area contributed by atoms with Gasteiger partial charge in [-0.05, 0) is 44.0 Å². The molecule has 4 rings (SSSR count). The first-order valence-electron chi connectivity index (χ1n) is 7.54. The van der Waals surface area contributed by atoms with Crippen LogP contribution in [0.25, 0.3) is 0 Å². The number of para-hydroxylation sites is 1. The van der Waals surface area contributed by atoms with Crippen molar-refractivity contribution in [3.63, 3.8) is 0 Å². The molecule has 1 aliphatic heterocycles. The first-order valence-corrected chi connectivity index (χ1v) is 8.69. The van der Waals surface area contributed by atoms with Gasteiger partial charge in [0.15, 0.2) is 4.90 Å². The number of hydrogen-bond donors (Lipinski definition) is 0. The highest BCUT2D eigenvalue weighted by Crippen LogP contribution is 2.49. The highest BCUT2D eigenvalue weighted by Gasteiger charge is 2.38. The summed E-state index contributed by atoms with van der Waals surface area (Å²) in [5.74, 6) is 0.650. The Morgan fingerprint density at radius 2 is 1.65 bits per heavy atom. The summed E-state index contributed by atoms with van der Waals surface area (Å²) in [7, 11) is 0. The summed E-state index contributed by atoms with van der Waals surface area (Å²) in [6.07, 6.45) is 1.61. The van der Waals surface area contributed by atoms with Gasteiger partial charge in [-0.15, -0.1) is 0 Å². The van der Waals surface area contributed by atoms with Crippen LogP contribution >= 0.6 is 0 Å². The van der Waals surface area contributed by atoms with E-state index < -0.39 is 11.2 Å². The van der Waals surface area contributed by atoms with Crippen molar-refractivity contribution in [1.29, 1.82) is 0 Å². The molecule has 23 heavy (non-hydrogen) atoms. The Morgan fingerprint density at radius 1 is 0.957 bits per heavy atom. The highest BCUT2D eigenvalue weighted by atomic mass is 32.2. The molecule has 0 radical (unpaired) electrons. The van der Waals surface area contributed by atoms with Gasteiger partial charge in [0.05, 0.1) is 12.0 Å². The quantitative estimate of drug-likeness (QED) is 0.581. The lowest BCUT2D eigenvalue weighted by atomic mass is 10.0. The third-order valence-corrected chi connectivity index (χ3v) is 5.63. The number of rotatable bonds is 1. The largest absolute Gasteiger partial charge is 0.606 e. The zero-order valence-electron chi connectivity index (χ0n) is 13.3. The second kappa shape index (κ2) is 5.18. The predicted molar refractivity (Wildman–Crippen MR) is 92.3 cm³/mol. The van der Waals surface area contributed by atoms with Gasteiger partial charge in [-0.2, -0.15) is 0 Å². The van der Waals surface area contributed by atoms with Crippen LogP contribution in [0.15, 0.2) is 62.9 Å². The Balaban J connectivity index is 2.03. The number of furan rings is 1. The van der Waals surface area contributed by atoms with Crippen LogP contribution in [0.3, 0.4) is 0 Å². The minimum absolute atomic E-state index is 0.650. The van der Waals surface area contributed by atoms with Crippen LogP contribution < -0.4 is 4.90 Å². The molecule has 4 heteroatoms. The number of benzene rings is 2. The Bertz CT molecular complexity index is 877. The van der Waals surface area contributed by atoms with E-state index in [0.29, 0.717) is 5.88 Å². The molecule has 0 aliphatic carbocycles. The fourth-order valence-corrected chi connectivity index (χ4v) is 4.63. The molecule has 0 N–H and O–H groups in total. The van der Waals surface area contributed by atoms with Crippen molar-refractivity contribution in [3.8, 4) is 0 Å². The summed E-state index contributed by atoms with van der Waals surface area (Å²) in [5, 5.41) is 0. The van der Waals surface area contributed by atoms with Crippen molar-refractivity contribution in [1.82, 2.24) is 0 Å². The average molecular weight is 323 g/mol. The molecular formula is C19H17NO2S. The van der Waals surface area contributed by atoms with Gasteiger partial charge in [0.2, 0.25) is 4.90 Å². The Labute approximate surface area is 138 Å². The molecule has 0 saturated carbocycles. The normalized spacial score (nSPS) is 16.2. The molecule has 1 aromatic heterocycles. The molecule has 0 spiro atoms. The monoisotopic (exact) mass is 323 g/mol. The molecule has 3 nitrogen and oxygen atoms in total. The molecule has 2 heterocycles. The van der Waals surface area contributed by atoms with Crippen molar-refractivity contribution in [2.24, 2.45) is 0 Å². The van der Waals surface area contributed by atoms with Crippen molar-refractivity contribution < 1.29 is 8.97 Å². The zero-order chi connectivity index (χ0) is 16.1. The molecule has 3 aromatic rings. The first-order chi connectivity index (χ1) is 11.1. The average Bonchev–Trinajstić information content (AvgIpc) is 2.99. The molecule has 2 aromatic carbocycles. The summed E-state index contributed by atoms with van der Waals surface area (Å²) in [6, 6.07) is 13.9. The Morgan fingerprint density at radius 3 is 2.39 bits per heavy atom. The Hall–Kier alpha value is -2.17. The van der Waals surface area contributed by atoms with E-state index in [-0.39, 0.29) is 0 Å². The number of nitrogens with zero attached hydrogens (tertiary/aromatic N) is 1. The lowest BCUT2D eigenvalue weighted by molar-refractivity contribution is 0.557. The minimum atomic E-state index is -1.21. The van der Waals surface area contributed by atoms with Crippen molar-refractivity contribution >= 4 is 28.4 Å². The van der Waals surface area contributed by atoms with Gasteiger partial charge < -0.3 is 8.97 Å². The van der Waals surface area contributed by atoms with Crippen molar-refractivity contribution in [2.45, 2.75) is 30.6 Å². The third-order valence-electron chi connectivity index (χ3n) is 4.18. The summed E-state index contributed by atoms with van der Waals surface area (Å²) in [4.78, 5) is 3.64. The molecule has 0 fully saturated rings. The Kier molecular flexibility index (Phi) is 3.25. The number of hydrogen-bond acceptors (Lipinski definition) is 3. The van der Waals surface area contributed by atoms with E-state index >= 15 is 0 Å². The topological polar surface area (TPSA) is 39.4 Å². The van der Waals surface area contributed by atoms with Gasteiger partial charge in [0.1, 0.15) is 5.69 Å². The first kappa shape index (κ1) is 14.4. The van der Waals surface area contributed by atoms with Gasteiger partial charge in [-0.1, -0.05) is 29.8 Å². The predicted octanol–water partition coefficient (Wildman–Crippen LogP) is 5.15. The maximum absolute atomic E-state index is 12.8. The molecule has 1 unspecified atom stereocenters. The molecule has 0 amide bonds. The summed E-state index contributed by atoms with van der Waals surface area (Å²) >= 11 is -1.21. The number of fused-ring (bicyclic) bond motifs is 2. The van der Waals surface area contributed by atoms with Gasteiger partial charge >= 0.3 is 0 Å². The van der Waals surface area contributed by atoms with Crippen LogP contribution in [0.4, 0.5) is 17.3 Å². The van der Waals surface area contributed by atoms with Crippen LogP contribution in [-0.4, -0.2) is 4.55 Å². The standard InChI is InChI=1S/C19H17NO2S/c1-12-10-13(2)18(14(3)11-12)20-15-6-4-5-7-16(15)23(21)17-8-9-22-19(17)20/h4-11H,1-3H3. The van der Waals surface area contributed by atoms with Gasteiger partial charge in [-0.25, -0.2) is 0 Å². The molecule has 1 atom stereocenters. The summed E-state index contributed by atoms with van der Waals surface area (Å²) in [6.45, 7) is 6.31. The highest BCUT2D eigenvalue weighted by molar-refractivity contribution is 7.92. The zero-order valence-corrected chi connectivity index (χ0v) is 14.1. The van der Waals surface area contributed by atoms with Gasteiger partial charge in [0.25, 0.3) is 5.88 Å². The molecule has 0 saturated heterocycles. The number of aryl methyl sites for hydroxylation is 3. The van der Waals surface area contributed by atoms with E-state index in [0.717, 1.165) is 21.2 Å². The fraction of sp³-hybridized carbons (Fsp3) is 0.158. The molecule has 1 aliphatic rings. The summed E-state index contributed by atoms with van der Waals surface area (Å²) in [5.41, 5.74) is 5.59. The molecule has 116 valence electrons. The fourth-order valence-electron chi connectivity index (χ4n) is 3.37. The maximum Gasteiger partial charge on any atom is 0.261 e. The van der Waals surface area contributed by atoms with Crippen molar-refractivity contribution in [2.75, 3.05) is 4.90 Å². The van der Waals surface area contributed by atoms with Crippen LogP contribution in [0.5, 0.6) is 0 Å². The maximum atomic E-state index is 12.8.